The maximum atomic E-state index is 11.9. The Morgan fingerprint density at radius 3 is 2.65 bits per heavy atom. The summed E-state index contributed by atoms with van der Waals surface area (Å²) >= 11 is 0. The minimum Gasteiger partial charge on any atom is -0.396 e. The summed E-state index contributed by atoms with van der Waals surface area (Å²) in [5.41, 5.74) is 3.01. The number of aryl methyl sites for hydroxylation is 2. The molecule has 1 atom stereocenters. The van der Waals surface area contributed by atoms with Crippen LogP contribution in [0.25, 0.3) is 0 Å². The van der Waals surface area contributed by atoms with Gasteiger partial charge in [0.25, 0.3) is 5.91 Å². The molecule has 3 nitrogen and oxygen atoms in total. The maximum Gasteiger partial charge on any atom is 0.251 e. The van der Waals surface area contributed by atoms with Gasteiger partial charge in [0.2, 0.25) is 0 Å². The Hall–Kier alpha value is -1.35. The number of rotatable bonds is 5. The molecule has 0 saturated carbocycles. The number of benzene rings is 1. The first-order valence-corrected chi connectivity index (χ1v) is 6.03. The van der Waals surface area contributed by atoms with Crippen LogP contribution in [0.4, 0.5) is 0 Å². The van der Waals surface area contributed by atoms with Crippen LogP contribution in [0.2, 0.25) is 0 Å². The molecule has 0 spiro atoms. The first-order valence-electron chi connectivity index (χ1n) is 6.03. The minimum atomic E-state index is -0.0430. The van der Waals surface area contributed by atoms with E-state index in [1.807, 2.05) is 39.0 Å². The van der Waals surface area contributed by atoms with Gasteiger partial charge in [-0.05, 0) is 56.9 Å². The zero-order valence-corrected chi connectivity index (χ0v) is 10.8. The molecule has 94 valence electrons. The maximum absolute atomic E-state index is 11.9. The van der Waals surface area contributed by atoms with Gasteiger partial charge in [0.05, 0.1) is 0 Å². The third kappa shape index (κ3) is 4.19. The van der Waals surface area contributed by atoms with Crippen molar-refractivity contribution in [3.05, 3.63) is 34.9 Å². The van der Waals surface area contributed by atoms with Crippen molar-refractivity contribution in [3.63, 3.8) is 0 Å². The van der Waals surface area contributed by atoms with Gasteiger partial charge in [0.1, 0.15) is 0 Å². The van der Waals surface area contributed by atoms with E-state index in [1.165, 1.54) is 5.56 Å². The normalized spacial score (nSPS) is 12.2. The molecule has 17 heavy (non-hydrogen) atoms. The van der Waals surface area contributed by atoms with Crippen LogP contribution in [-0.2, 0) is 0 Å². The second-order valence-electron chi connectivity index (χ2n) is 4.54. The largest absolute Gasteiger partial charge is 0.396 e. The minimum absolute atomic E-state index is 0.0430. The van der Waals surface area contributed by atoms with Gasteiger partial charge < -0.3 is 10.4 Å². The van der Waals surface area contributed by atoms with Crippen molar-refractivity contribution in [1.82, 2.24) is 5.32 Å². The first-order chi connectivity index (χ1) is 8.04. The number of aliphatic hydroxyl groups is 1. The van der Waals surface area contributed by atoms with E-state index < -0.39 is 0 Å². The van der Waals surface area contributed by atoms with Gasteiger partial charge in [-0.25, -0.2) is 0 Å². The van der Waals surface area contributed by atoms with E-state index >= 15 is 0 Å². The lowest BCUT2D eigenvalue weighted by Gasteiger charge is -2.13. The lowest BCUT2D eigenvalue weighted by atomic mass is 10.1. The van der Waals surface area contributed by atoms with Crippen molar-refractivity contribution < 1.29 is 9.90 Å². The summed E-state index contributed by atoms with van der Waals surface area (Å²) in [5, 5.41) is 11.6. The quantitative estimate of drug-likeness (QED) is 0.822. The third-order valence-corrected chi connectivity index (χ3v) is 2.94. The molecule has 0 radical (unpaired) electrons. The lowest BCUT2D eigenvalue weighted by molar-refractivity contribution is 0.0936. The van der Waals surface area contributed by atoms with E-state index in [4.69, 9.17) is 5.11 Å². The third-order valence-electron chi connectivity index (χ3n) is 2.94. The molecule has 1 unspecified atom stereocenters. The predicted molar refractivity (Wildman–Crippen MR) is 69.2 cm³/mol. The van der Waals surface area contributed by atoms with Gasteiger partial charge in [-0.3, -0.25) is 4.79 Å². The number of hydrogen-bond acceptors (Lipinski definition) is 2. The van der Waals surface area contributed by atoms with Crippen LogP contribution in [0.15, 0.2) is 18.2 Å². The zero-order valence-electron chi connectivity index (χ0n) is 10.8. The molecular formula is C14H21NO2. The monoisotopic (exact) mass is 235 g/mol. The first kappa shape index (κ1) is 13.7. The van der Waals surface area contributed by atoms with Crippen LogP contribution in [0.3, 0.4) is 0 Å². The highest BCUT2D eigenvalue weighted by Gasteiger charge is 2.09. The molecule has 0 bridgehead atoms. The van der Waals surface area contributed by atoms with Gasteiger partial charge in [0.15, 0.2) is 0 Å². The lowest BCUT2D eigenvalue weighted by Crippen LogP contribution is -2.32. The zero-order chi connectivity index (χ0) is 12.8. The second kappa shape index (κ2) is 6.40. The van der Waals surface area contributed by atoms with Crippen LogP contribution in [-0.4, -0.2) is 23.7 Å². The van der Waals surface area contributed by atoms with E-state index in [9.17, 15) is 4.79 Å². The van der Waals surface area contributed by atoms with Crippen molar-refractivity contribution in [2.75, 3.05) is 6.61 Å². The standard InChI is InChI=1S/C14H21NO2/c1-10-6-7-13(9-11(10)2)14(17)15-12(3)5-4-8-16/h6-7,9,12,16H,4-5,8H2,1-3H3,(H,15,17). The van der Waals surface area contributed by atoms with Gasteiger partial charge in [0, 0.05) is 18.2 Å². The summed E-state index contributed by atoms with van der Waals surface area (Å²) in [6.07, 6.45) is 1.52. The molecule has 0 heterocycles. The van der Waals surface area contributed by atoms with E-state index in [0.717, 1.165) is 12.0 Å². The Labute approximate surface area is 103 Å². The van der Waals surface area contributed by atoms with E-state index in [2.05, 4.69) is 5.32 Å². The molecular weight excluding hydrogens is 214 g/mol. The molecule has 0 aromatic heterocycles. The highest BCUT2D eigenvalue weighted by Crippen LogP contribution is 2.10. The van der Waals surface area contributed by atoms with Gasteiger partial charge in [-0.2, -0.15) is 0 Å². The van der Waals surface area contributed by atoms with Gasteiger partial charge in [-0.15, -0.1) is 0 Å². The van der Waals surface area contributed by atoms with Crippen molar-refractivity contribution >= 4 is 5.91 Å². The highest BCUT2D eigenvalue weighted by molar-refractivity contribution is 5.94. The predicted octanol–water partition coefficient (Wildman–Crippen LogP) is 2.19. The molecule has 0 aliphatic rings. The van der Waals surface area contributed by atoms with Crippen molar-refractivity contribution in [2.24, 2.45) is 0 Å². The molecule has 1 rings (SSSR count). The number of nitrogens with one attached hydrogen (secondary N) is 1. The Kier molecular flexibility index (Phi) is 5.16. The molecule has 1 amide bonds. The Morgan fingerprint density at radius 2 is 2.06 bits per heavy atom. The summed E-state index contributed by atoms with van der Waals surface area (Å²) in [6.45, 7) is 6.15. The van der Waals surface area contributed by atoms with Gasteiger partial charge >= 0.3 is 0 Å². The summed E-state index contributed by atoms with van der Waals surface area (Å²) in [4.78, 5) is 11.9. The molecule has 1 aromatic carbocycles. The SMILES string of the molecule is Cc1ccc(C(=O)NC(C)CCCO)cc1C. The van der Waals surface area contributed by atoms with Crippen LogP contribution in [0.1, 0.15) is 41.3 Å². The summed E-state index contributed by atoms with van der Waals surface area (Å²) in [6, 6.07) is 5.80. The molecule has 0 aliphatic carbocycles. The molecule has 0 saturated heterocycles. The summed E-state index contributed by atoms with van der Waals surface area (Å²) in [5.74, 6) is -0.0430. The fourth-order valence-electron chi connectivity index (χ4n) is 1.66. The van der Waals surface area contributed by atoms with Crippen LogP contribution in [0.5, 0.6) is 0 Å². The highest BCUT2D eigenvalue weighted by atomic mass is 16.2. The molecule has 1 aromatic rings. The summed E-state index contributed by atoms with van der Waals surface area (Å²) in [7, 11) is 0. The average Bonchev–Trinajstić information content (AvgIpc) is 2.30. The Morgan fingerprint density at radius 1 is 1.35 bits per heavy atom. The number of amides is 1. The smallest absolute Gasteiger partial charge is 0.251 e. The second-order valence-corrected chi connectivity index (χ2v) is 4.54. The topological polar surface area (TPSA) is 49.3 Å². The fourth-order valence-corrected chi connectivity index (χ4v) is 1.66. The van der Waals surface area contributed by atoms with Crippen LogP contribution >= 0.6 is 0 Å². The van der Waals surface area contributed by atoms with Gasteiger partial charge in [-0.1, -0.05) is 6.07 Å². The average molecular weight is 235 g/mol. The molecule has 2 N–H and O–H groups in total. The number of carbonyl (C=O) groups is 1. The molecule has 0 aliphatic heterocycles. The van der Waals surface area contributed by atoms with Crippen LogP contribution < -0.4 is 5.32 Å². The van der Waals surface area contributed by atoms with E-state index in [-0.39, 0.29) is 18.6 Å². The van der Waals surface area contributed by atoms with Crippen LogP contribution in [0, 0.1) is 13.8 Å². The Balaban J connectivity index is 2.60. The van der Waals surface area contributed by atoms with Crippen molar-refractivity contribution in [3.8, 4) is 0 Å². The Bertz CT molecular complexity index is 388. The number of aliphatic hydroxyl groups excluding tert-OH is 1. The van der Waals surface area contributed by atoms with E-state index in [1.54, 1.807) is 0 Å². The molecule has 0 fully saturated rings. The van der Waals surface area contributed by atoms with Crippen molar-refractivity contribution in [1.29, 1.82) is 0 Å². The van der Waals surface area contributed by atoms with E-state index in [0.29, 0.717) is 12.0 Å². The van der Waals surface area contributed by atoms with Crippen molar-refractivity contribution in [2.45, 2.75) is 39.7 Å². The molecule has 3 heteroatoms. The number of carbonyl (C=O) groups excluding carboxylic acids is 1. The number of hydrogen-bond donors (Lipinski definition) is 2. The fraction of sp³-hybridized carbons (Fsp3) is 0.500. The summed E-state index contributed by atoms with van der Waals surface area (Å²) < 4.78 is 0.